The molecule has 0 heterocycles. The highest BCUT2D eigenvalue weighted by molar-refractivity contribution is 7.89. The number of hydrogen-bond acceptors (Lipinski definition) is 4. The number of carbonyl (C=O) groups excluding carboxylic acids is 1. The Morgan fingerprint density at radius 2 is 1.83 bits per heavy atom. The minimum atomic E-state index is -4.14. The average molecular weight is 292 g/mol. The van der Waals surface area contributed by atoms with Crippen molar-refractivity contribution in [2.45, 2.75) is 25.7 Å². The van der Waals surface area contributed by atoms with E-state index in [4.69, 9.17) is 16.7 Å². The van der Waals surface area contributed by atoms with E-state index in [2.05, 4.69) is 0 Å². The first-order valence-corrected chi connectivity index (χ1v) is 6.97. The standard InChI is InChI=1S/C11H14ClNO4S/c1-11(2,3)10(15)7-4-6(12)5-8(9(7)14)18(13,16)17/h4-5,14H,1-3H3,(H2,13,16,17). The number of ketones is 1. The molecule has 1 rings (SSSR count). The molecule has 3 N–H and O–H groups in total. The zero-order valence-electron chi connectivity index (χ0n) is 10.2. The molecule has 0 amide bonds. The Labute approximate surface area is 111 Å². The lowest BCUT2D eigenvalue weighted by atomic mass is 9.86. The summed E-state index contributed by atoms with van der Waals surface area (Å²) in [5.74, 6) is -1.09. The highest BCUT2D eigenvalue weighted by atomic mass is 35.5. The van der Waals surface area contributed by atoms with Gasteiger partial charge in [-0.1, -0.05) is 32.4 Å². The first-order valence-electron chi connectivity index (χ1n) is 5.04. The van der Waals surface area contributed by atoms with Crippen molar-refractivity contribution in [2.75, 3.05) is 0 Å². The molecule has 0 aliphatic rings. The molecule has 0 aromatic heterocycles. The quantitative estimate of drug-likeness (QED) is 0.813. The van der Waals surface area contributed by atoms with Gasteiger partial charge < -0.3 is 5.11 Å². The van der Waals surface area contributed by atoms with Gasteiger partial charge in [-0.2, -0.15) is 0 Å². The van der Waals surface area contributed by atoms with Crippen LogP contribution in [0.4, 0.5) is 0 Å². The van der Waals surface area contributed by atoms with Gasteiger partial charge in [0.15, 0.2) is 5.78 Å². The second-order valence-electron chi connectivity index (χ2n) is 4.92. The maximum absolute atomic E-state index is 12.1. The molecule has 0 fully saturated rings. The fraction of sp³-hybridized carbons (Fsp3) is 0.364. The summed E-state index contributed by atoms with van der Waals surface area (Å²) in [7, 11) is -4.14. The predicted molar refractivity (Wildman–Crippen MR) is 68.3 cm³/mol. The highest BCUT2D eigenvalue weighted by Gasteiger charge is 2.29. The molecule has 0 saturated carbocycles. The van der Waals surface area contributed by atoms with E-state index in [1.165, 1.54) is 6.07 Å². The Bertz CT molecular complexity index is 602. The first kappa shape index (κ1) is 14.9. The maximum atomic E-state index is 12.1. The summed E-state index contributed by atoms with van der Waals surface area (Å²) < 4.78 is 22.6. The van der Waals surface area contributed by atoms with Crippen LogP contribution in [0.1, 0.15) is 31.1 Å². The van der Waals surface area contributed by atoms with Crippen molar-refractivity contribution in [1.29, 1.82) is 0 Å². The summed E-state index contributed by atoms with van der Waals surface area (Å²) in [5, 5.41) is 14.8. The van der Waals surface area contributed by atoms with Crippen molar-refractivity contribution in [2.24, 2.45) is 10.6 Å². The van der Waals surface area contributed by atoms with Crippen LogP contribution < -0.4 is 5.14 Å². The fourth-order valence-electron chi connectivity index (χ4n) is 1.37. The second kappa shape index (κ2) is 4.53. The molecule has 1 aromatic carbocycles. The van der Waals surface area contributed by atoms with E-state index in [1.807, 2.05) is 0 Å². The molecule has 1 aromatic rings. The molecule has 0 aliphatic carbocycles. The number of phenols is 1. The zero-order valence-corrected chi connectivity index (χ0v) is 11.8. The Hall–Kier alpha value is -1.11. The summed E-state index contributed by atoms with van der Waals surface area (Å²) in [5.41, 5.74) is -0.934. The van der Waals surface area contributed by atoms with Crippen LogP contribution in [0.5, 0.6) is 5.75 Å². The van der Waals surface area contributed by atoms with Gasteiger partial charge >= 0.3 is 0 Å². The number of aromatic hydroxyl groups is 1. The maximum Gasteiger partial charge on any atom is 0.241 e. The number of carbonyl (C=O) groups is 1. The van der Waals surface area contributed by atoms with E-state index in [0.29, 0.717) is 0 Å². The third-order valence-corrected chi connectivity index (χ3v) is 3.41. The van der Waals surface area contributed by atoms with Crippen LogP contribution in [-0.2, 0) is 10.0 Å². The molecule has 0 radical (unpaired) electrons. The Kier molecular flexibility index (Phi) is 3.76. The number of phenolic OH excluding ortho intramolecular Hbond substituents is 1. The van der Waals surface area contributed by atoms with Crippen molar-refractivity contribution >= 4 is 27.4 Å². The molecular weight excluding hydrogens is 278 g/mol. The van der Waals surface area contributed by atoms with Gasteiger partial charge in [0.1, 0.15) is 10.6 Å². The molecule has 0 aliphatic heterocycles. The molecule has 0 bridgehead atoms. The van der Waals surface area contributed by atoms with Gasteiger partial charge in [0.25, 0.3) is 0 Å². The van der Waals surface area contributed by atoms with Gasteiger partial charge in [-0.15, -0.1) is 0 Å². The second-order valence-corrected chi connectivity index (χ2v) is 6.89. The van der Waals surface area contributed by atoms with E-state index in [9.17, 15) is 18.3 Å². The molecule has 0 saturated heterocycles. The van der Waals surface area contributed by atoms with Crippen LogP contribution in [0.25, 0.3) is 0 Å². The Morgan fingerprint density at radius 1 is 1.33 bits per heavy atom. The van der Waals surface area contributed by atoms with Crippen LogP contribution in [0.15, 0.2) is 17.0 Å². The third-order valence-electron chi connectivity index (χ3n) is 2.27. The lowest BCUT2D eigenvalue weighted by Gasteiger charge is -2.18. The van der Waals surface area contributed by atoms with Crippen LogP contribution in [0.2, 0.25) is 5.02 Å². The number of nitrogens with two attached hydrogens (primary N) is 1. The van der Waals surface area contributed by atoms with Crippen molar-refractivity contribution in [3.8, 4) is 5.75 Å². The minimum Gasteiger partial charge on any atom is -0.506 e. The molecule has 0 unspecified atom stereocenters. The number of hydrogen-bond donors (Lipinski definition) is 2. The molecule has 18 heavy (non-hydrogen) atoms. The number of Topliss-reactive ketones (excluding diaryl/α,β-unsaturated/α-hetero) is 1. The molecule has 7 heteroatoms. The summed E-state index contributed by atoms with van der Waals surface area (Å²) in [6.07, 6.45) is 0. The van der Waals surface area contributed by atoms with Gasteiger partial charge in [0, 0.05) is 10.4 Å². The van der Waals surface area contributed by atoms with Gasteiger partial charge in [0.05, 0.1) is 5.56 Å². The average Bonchev–Trinajstić information content (AvgIpc) is 2.17. The van der Waals surface area contributed by atoms with Gasteiger partial charge in [0.2, 0.25) is 10.0 Å². The summed E-state index contributed by atoms with van der Waals surface area (Å²) in [6, 6.07) is 2.23. The van der Waals surface area contributed by atoms with Gasteiger partial charge in [-0.05, 0) is 12.1 Å². The number of halogens is 1. The van der Waals surface area contributed by atoms with E-state index in [1.54, 1.807) is 20.8 Å². The smallest absolute Gasteiger partial charge is 0.241 e. The van der Waals surface area contributed by atoms with Crippen LogP contribution in [-0.4, -0.2) is 19.3 Å². The lowest BCUT2D eigenvalue weighted by Crippen LogP contribution is -2.21. The van der Waals surface area contributed by atoms with Crippen molar-refractivity contribution in [3.63, 3.8) is 0 Å². The zero-order chi connectivity index (χ0) is 14.3. The number of sulfonamides is 1. The SMILES string of the molecule is CC(C)(C)C(=O)c1cc(Cl)cc(S(N)(=O)=O)c1O. The third kappa shape index (κ3) is 3.01. The largest absolute Gasteiger partial charge is 0.506 e. The van der Waals surface area contributed by atoms with Crippen molar-refractivity contribution in [3.05, 3.63) is 22.7 Å². The van der Waals surface area contributed by atoms with Crippen molar-refractivity contribution in [1.82, 2.24) is 0 Å². The van der Waals surface area contributed by atoms with Gasteiger partial charge in [-0.3, -0.25) is 4.79 Å². The van der Waals surface area contributed by atoms with E-state index < -0.39 is 31.9 Å². The number of rotatable bonds is 2. The van der Waals surface area contributed by atoms with Crippen LogP contribution in [0.3, 0.4) is 0 Å². The molecule has 100 valence electrons. The Balaban J connectivity index is 3.59. The predicted octanol–water partition coefficient (Wildman–Crippen LogP) is 1.92. The summed E-state index contributed by atoms with van der Waals surface area (Å²) >= 11 is 5.74. The number of benzene rings is 1. The fourth-order valence-corrected chi connectivity index (χ4v) is 2.32. The van der Waals surface area contributed by atoms with E-state index in [-0.39, 0.29) is 10.6 Å². The summed E-state index contributed by atoms with van der Waals surface area (Å²) in [4.78, 5) is 11.5. The minimum absolute atomic E-state index is 0.0180. The van der Waals surface area contributed by atoms with Gasteiger partial charge in [-0.25, -0.2) is 13.6 Å². The highest BCUT2D eigenvalue weighted by Crippen LogP contribution is 2.34. The van der Waals surface area contributed by atoms with E-state index >= 15 is 0 Å². The number of primary sulfonamides is 1. The summed E-state index contributed by atoms with van der Waals surface area (Å²) in [6.45, 7) is 4.94. The topological polar surface area (TPSA) is 97.5 Å². The first-order chi connectivity index (χ1) is 7.94. The monoisotopic (exact) mass is 291 g/mol. The lowest BCUT2D eigenvalue weighted by molar-refractivity contribution is 0.0855. The molecule has 5 nitrogen and oxygen atoms in total. The Morgan fingerprint density at radius 3 is 2.22 bits per heavy atom. The molecular formula is C11H14ClNO4S. The molecule has 0 atom stereocenters. The van der Waals surface area contributed by atoms with Crippen LogP contribution >= 0.6 is 11.6 Å². The normalized spacial score (nSPS) is 12.5. The van der Waals surface area contributed by atoms with Crippen LogP contribution in [0, 0.1) is 5.41 Å². The van der Waals surface area contributed by atoms with E-state index in [0.717, 1.165) is 6.07 Å². The molecule has 0 spiro atoms. The van der Waals surface area contributed by atoms with Crippen molar-refractivity contribution < 1.29 is 18.3 Å².